The summed E-state index contributed by atoms with van der Waals surface area (Å²) >= 11 is 0. The summed E-state index contributed by atoms with van der Waals surface area (Å²) in [6.07, 6.45) is 0.649. The minimum absolute atomic E-state index is 0.0865. The second-order valence-corrected chi connectivity index (χ2v) is 4.95. The molecule has 0 spiro atoms. The Labute approximate surface area is 116 Å². The second-order valence-electron chi connectivity index (χ2n) is 4.95. The lowest BCUT2D eigenvalue weighted by atomic mass is 10.2. The third-order valence-corrected chi connectivity index (χ3v) is 3.39. The Hall–Kier alpha value is -2.12. The SMILES string of the molecule is CN1CC(=O)N(CCCC(=O)N2CCNC(=O)C2)C1=O. The Bertz CT molecular complexity index is 451. The Balaban J connectivity index is 1.75. The summed E-state index contributed by atoms with van der Waals surface area (Å²) in [5.41, 5.74) is 0. The first-order valence-electron chi connectivity index (χ1n) is 6.59. The van der Waals surface area contributed by atoms with Crippen LogP contribution in [0.15, 0.2) is 0 Å². The van der Waals surface area contributed by atoms with Gasteiger partial charge in [0.15, 0.2) is 0 Å². The van der Waals surface area contributed by atoms with Gasteiger partial charge in [-0.1, -0.05) is 0 Å². The molecule has 0 aromatic carbocycles. The Morgan fingerprint density at radius 3 is 2.60 bits per heavy atom. The molecule has 0 aromatic heterocycles. The third kappa shape index (κ3) is 3.06. The maximum absolute atomic E-state index is 11.9. The number of likely N-dealkylation sites (N-methyl/N-ethyl adjacent to an activating group) is 1. The van der Waals surface area contributed by atoms with E-state index in [4.69, 9.17) is 0 Å². The van der Waals surface area contributed by atoms with Gasteiger partial charge in [0.1, 0.15) is 6.54 Å². The van der Waals surface area contributed by atoms with Gasteiger partial charge in [0.05, 0.1) is 6.54 Å². The van der Waals surface area contributed by atoms with Gasteiger partial charge in [-0.15, -0.1) is 0 Å². The highest BCUT2D eigenvalue weighted by Crippen LogP contribution is 2.10. The van der Waals surface area contributed by atoms with E-state index in [9.17, 15) is 19.2 Å². The van der Waals surface area contributed by atoms with Crippen LogP contribution in [0.5, 0.6) is 0 Å². The number of urea groups is 1. The first kappa shape index (κ1) is 14.3. The maximum Gasteiger partial charge on any atom is 0.326 e. The van der Waals surface area contributed by atoms with Crippen molar-refractivity contribution in [1.29, 1.82) is 0 Å². The maximum atomic E-state index is 11.9. The van der Waals surface area contributed by atoms with Gasteiger partial charge in [0.2, 0.25) is 17.7 Å². The molecule has 0 atom stereocenters. The average Bonchev–Trinajstić information content (AvgIpc) is 2.65. The fraction of sp³-hybridized carbons (Fsp3) is 0.667. The van der Waals surface area contributed by atoms with E-state index in [2.05, 4.69) is 5.32 Å². The van der Waals surface area contributed by atoms with Crippen LogP contribution in [0.25, 0.3) is 0 Å². The van der Waals surface area contributed by atoms with Crippen molar-refractivity contribution >= 4 is 23.8 Å². The summed E-state index contributed by atoms with van der Waals surface area (Å²) < 4.78 is 0. The normalized spacial score (nSPS) is 19.6. The quantitative estimate of drug-likeness (QED) is 0.643. The first-order valence-corrected chi connectivity index (χ1v) is 6.59. The van der Waals surface area contributed by atoms with Crippen LogP contribution in [0.2, 0.25) is 0 Å². The number of rotatable bonds is 4. The predicted molar refractivity (Wildman–Crippen MR) is 68.6 cm³/mol. The van der Waals surface area contributed by atoms with Crippen molar-refractivity contribution in [1.82, 2.24) is 20.0 Å². The molecule has 0 unspecified atom stereocenters. The molecule has 0 aromatic rings. The van der Waals surface area contributed by atoms with Crippen LogP contribution in [0, 0.1) is 0 Å². The van der Waals surface area contributed by atoms with Crippen LogP contribution >= 0.6 is 0 Å². The number of piperazine rings is 1. The summed E-state index contributed by atoms with van der Waals surface area (Å²) in [5, 5.41) is 2.65. The lowest BCUT2D eigenvalue weighted by Gasteiger charge is -2.26. The van der Waals surface area contributed by atoms with E-state index in [-0.39, 0.29) is 49.8 Å². The number of carbonyl (C=O) groups excluding carboxylic acids is 4. The molecule has 8 heteroatoms. The molecule has 5 amide bonds. The average molecular weight is 282 g/mol. The monoisotopic (exact) mass is 282 g/mol. The molecule has 0 bridgehead atoms. The van der Waals surface area contributed by atoms with E-state index in [0.29, 0.717) is 19.5 Å². The van der Waals surface area contributed by atoms with Crippen LogP contribution < -0.4 is 5.32 Å². The standard InChI is InChI=1S/C12H18N4O4/c1-14-8-11(19)16(12(14)20)5-2-3-10(18)15-6-4-13-9(17)7-15/h2-8H2,1H3,(H,13,17). The van der Waals surface area contributed by atoms with Gasteiger partial charge in [-0.2, -0.15) is 0 Å². The van der Waals surface area contributed by atoms with Gasteiger partial charge in [-0.3, -0.25) is 19.3 Å². The zero-order valence-corrected chi connectivity index (χ0v) is 11.4. The molecule has 2 saturated heterocycles. The molecule has 8 nitrogen and oxygen atoms in total. The van der Waals surface area contributed by atoms with Crippen molar-refractivity contribution in [2.24, 2.45) is 0 Å². The lowest BCUT2D eigenvalue weighted by molar-refractivity contribution is -0.138. The van der Waals surface area contributed by atoms with Crippen LogP contribution in [0.4, 0.5) is 4.79 Å². The number of amides is 5. The van der Waals surface area contributed by atoms with Crippen LogP contribution in [-0.4, -0.2) is 78.2 Å². The largest absolute Gasteiger partial charge is 0.353 e. The minimum atomic E-state index is -0.320. The van der Waals surface area contributed by atoms with Gasteiger partial charge in [0, 0.05) is 33.1 Å². The number of imide groups is 1. The number of nitrogens with zero attached hydrogens (tertiary/aromatic N) is 3. The third-order valence-electron chi connectivity index (χ3n) is 3.39. The molecule has 2 aliphatic rings. The van der Waals surface area contributed by atoms with E-state index >= 15 is 0 Å². The summed E-state index contributed by atoms with van der Waals surface area (Å²) in [6, 6.07) is -0.320. The highest BCUT2D eigenvalue weighted by atomic mass is 16.2. The molecule has 0 aliphatic carbocycles. The summed E-state index contributed by atoms with van der Waals surface area (Å²) in [7, 11) is 1.57. The van der Waals surface area contributed by atoms with Crippen molar-refractivity contribution in [3.05, 3.63) is 0 Å². The molecule has 110 valence electrons. The number of hydrogen-bond acceptors (Lipinski definition) is 4. The molecule has 2 fully saturated rings. The Morgan fingerprint density at radius 1 is 1.25 bits per heavy atom. The van der Waals surface area contributed by atoms with Crippen molar-refractivity contribution < 1.29 is 19.2 Å². The fourth-order valence-corrected chi connectivity index (χ4v) is 2.29. The van der Waals surface area contributed by atoms with Gasteiger partial charge >= 0.3 is 6.03 Å². The van der Waals surface area contributed by atoms with E-state index in [0.717, 1.165) is 4.90 Å². The van der Waals surface area contributed by atoms with Crippen LogP contribution in [0.3, 0.4) is 0 Å². The van der Waals surface area contributed by atoms with Crippen LogP contribution in [-0.2, 0) is 14.4 Å². The zero-order valence-electron chi connectivity index (χ0n) is 11.4. The molecule has 1 N–H and O–H groups in total. The smallest absolute Gasteiger partial charge is 0.326 e. The van der Waals surface area contributed by atoms with E-state index < -0.39 is 0 Å². The first-order chi connectivity index (χ1) is 9.49. The number of nitrogens with one attached hydrogen (secondary N) is 1. The minimum Gasteiger partial charge on any atom is -0.353 e. The number of carbonyl (C=O) groups is 4. The van der Waals surface area contributed by atoms with Crippen molar-refractivity contribution in [2.45, 2.75) is 12.8 Å². The molecule has 2 heterocycles. The molecule has 0 saturated carbocycles. The molecular formula is C12H18N4O4. The summed E-state index contributed by atoms with van der Waals surface area (Å²) in [6.45, 7) is 1.41. The predicted octanol–water partition coefficient (Wildman–Crippen LogP) is -1.38. The molecule has 0 radical (unpaired) electrons. The van der Waals surface area contributed by atoms with Gasteiger partial charge in [-0.25, -0.2) is 4.79 Å². The van der Waals surface area contributed by atoms with Crippen molar-refractivity contribution in [3.63, 3.8) is 0 Å². The highest BCUT2D eigenvalue weighted by molar-refractivity contribution is 6.01. The highest BCUT2D eigenvalue weighted by Gasteiger charge is 2.33. The number of hydrogen-bond donors (Lipinski definition) is 1. The van der Waals surface area contributed by atoms with E-state index in [1.165, 1.54) is 9.80 Å². The fourth-order valence-electron chi connectivity index (χ4n) is 2.29. The van der Waals surface area contributed by atoms with E-state index in [1.54, 1.807) is 7.05 Å². The van der Waals surface area contributed by atoms with Crippen molar-refractivity contribution in [3.8, 4) is 0 Å². The Morgan fingerprint density at radius 2 is 2.00 bits per heavy atom. The summed E-state index contributed by atoms with van der Waals surface area (Å²) in [4.78, 5) is 50.2. The second kappa shape index (κ2) is 5.89. The van der Waals surface area contributed by atoms with Gasteiger partial charge in [-0.05, 0) is 6.42 Å². The van der Waals surface area contributed by atoms with E-state index in [1.807, 2.05) is 0 Å². The summed E-state index contributed by atoms with van der Waals surface area (Å²) in [5.74, 6) is -0.509. The topological polar surface area (TPSA) is 90.0 Å². The van der Waals surface area contributed by atoms with Gasteiger partial charge < -0.3 is 15.1 Å². The Kier molecular flexibility index (Phi) is 4.21. The molecular weight excluding hydrogens is 264 g/mol. The molecule has 20 heavy (non-hydrogen) atoms. The van der Waals surface area contributed by atoms with Crippen molar-refractivity contribution in [2.75, 3.05) is 39.8 Å². The van der Waals surface area contributed by atoms with Gasteiger partial charge in [0.25, 0.3) is 0 Å². The zero-order chi connectivity index (χ0) is 14.7. The van der Waals surface area contributed by atoms with Crippen LogP contribution in [0.1, 0.15) is 12.8 Å². The lowest BCUT2D eigenvalue weighted by Crippen LogP contribution is -2.50. The molecule has 2 rings (SSSR count). The molecule has 2 aliphatic heterocycles.